The number of carbonyl (C=O) groups excluding carboxylic acids is 2. The van der Waals surface area contributed by atoms with Gasteiger partial charge in [0.2, 0.25) is 11.8 Å². The predicted octanol–water partition coefficient (Wildman–Crippen LogP) is 1.58. The summed E-state index contributed by atoms with van der Waals surface area (Å²) in [6.07, 6.45) is 0.259. The van der Waals surface area contributed by atoms with Crippen LogP contribution in [0.2, 0.25) is 0 Å². The average Bonchev–Trinajstić information content (AvgIpc) is 2.45. The minimum atomic E-state index is -0.319. The third-order valence-electron chi connectivity index (χ3n) is 2.22. The molecule has 0 saturated carbocycles. The first-order valence-corrected chi connectivity index (χ1v) is 5.05. The zero-order valence-electron chi connectivity index (χ0n) is 7.29. The van der Waals surface area contributed by atoms with Crippen LogP contribution in [0.25, 0.3) is 0 Å². The summed E-state index contributed by atoms with van der Waals surface area (Å²) >= 11 is 3.33. The molecule has 1 fully saturated rings. The summed E-state index contributed by atoms with van der Waals surface area (Å²) in [5.41, 5.74) is 0.878. The van der Waals surface area contributed by atoms with E-state index >= 15 is 0 Å². The van der Waals surface area contributed by atoms with Gasteiger partial charge in [-0.2, -0.15) is 0 Å². The van der Waals surface area contributed by atoms with Gasteiger partial charge in [-0.25, -0.2) is 0 Å². The second-order valence-corrected chi connectivity index (χ2v) is 4.14. The Hall–Kier alpha value is -1.16. The van der Waals surface area contributed by atoms with Crippen molar-refractivity contribution in [2.75, 3.05) is 0 Å². The second-order valence-electron chi connectivity index (χ2n) is 3.22. The molecule has 1 atom stereocenters. The van der Waals surface area contributed by atoms with E-state index in [1.165, 1.54) is 0 Å². The Kier molecular flexibility index (Phi) is 2.37. The van der Waals surface area contributed by atoms with Crippen LogP contribution in [0.1, 0.15) is 17.9 Å². The third-order valence-corrected chi connectivity index (χ3v) is 2.71. The number of benzene rings is 1. The standard InChI is InChI=1S/C10H8BrNO2/c11-7-3-1-2-6(4-7)8-5-9(13)12-10(8)14/h1-4,8H,5H2,(H,12,13,14)/t8-/m1/s1. The molecule has 2 rings (SSSR count). The summed E-state index contributed by atoms with van der Waals surface area (Å²) in [6, 6.07) is 7.46. The molecular weight excluding hydrogens is 246 g/mol. The lowest BCUT2D eigenvalue weighted by Crippen LogP contribution is -2.21. The van der Waals surface area contributed by atoms with E-state index < -0.39 is 0 Å². The van der Waals surface area contributed by atoms with E-state index in [1.54, 1.807) is 0 Å². The van der Waals surface area contributed by atoms with Crippen LogP contribution in [0.3, 0.4) is 0 Å². The summed E-state index contributed by atoms with van der Waals surface area (Å²) in [5.74, 6) is -0.715. The van der Waals surface area contributed by atoms with Crippen molar-refractivity contribution >= 4 is 27.7 Å². The van der Waals surface area contributed by atoms with E-state index in [0.29, 0.717) is 0 Å². The van der Waals surface area contributed by atoms with Gasteiger partial charge < -0.3 is 0 Å². The second kappa shape index (κ2) is 3.53. The molecule has 1 N–H and O–H groups in total. The molecule has 0 radical (unpaired) electrons. The molecule has 14 heavy (non-hydrogen) atoms. The molecule has 1 heterocycles. The number of halogens is 1. The van der Waals surface area contributed by atoms with E-state index in [0.717, 1.165) is 10.0 Å². The van der Waals surface area contributed by atoms with Crippen LogP contribution in [0.4, 0.5) is 0 Å². The highest BCUT2D eigenvalue weighted by Gasteiger charge is 2.31. The molecule has 2 amide bonds. The molecule has 1 aliphatic rings. The van der Waals surface area contributed by atoms with Gasteiger partial charge in [-0.1, -0.05) is 28.1 Å². The van der Waals surface area contributed by atoms with Crippen molar-refractivity contribution in [3.05, 3.63) is 34.3 Å². The zero-order valence-corrected chi connectivity index (χ0v) is 8.87. The van der Waals surface area contributed by atoms with Gasteiger partial charge in [0.25, 0.3) is 0 Å². The summed E-state index contributed by atoms with van der Waals surface area (Å²) in [7, 11) is 0. The van der Waals surface area contributed by atoms with Crippen molar-refractivity contribution in [2.24, 2.45) is 0 Å². The Balaban J connectivity index is 2.31. The lowest BCUT2D eigenvalue weighted by molar-refractivity contribution is -0.125. The SMILES string of the molecule is O=C1C[C@H](c2cccc(Br)c2)C(=O)N1. The van der Waals surface area contributed by atoms with Crippen LogP contribution in [0.15, 0.2) is 28.7 Å². The van der Waals surface area contributed by atoms with E-state index in [1.807, 2.05) is 24.3 Å². The molecule has 0 unspecified atom stereocenters. The quantitative estimate of drug-likeness (QED) is 0.773. The molecule has 1 saturated heterocycles. The number of hydrogen-bond acceptors (Lipinski definition) is 2. The van der Waals surface area contributed by atoms with Gasteiger partial charge in [-0.3, -0.25) is 14.9 Å². The summed E-state index contributed by atoms with van der Waals surface area (Å²) in [4.78, 5) is 22.3. The molecule has 0 aromatic heterocycles. The number of nitrogens with one attached hydrogen (secondary N) is 1. The van der Waals surface area contributed by atoms with Gasteiger partial charge in [-0.15, -0.1) is 0 Å². The number of imide groups is 1. The Morgan fingerprint density at radius 1 is 1.36 bits per heavy atom. The Labute approximate surface area is 89.6 Å². The van der Waals surface area contributed by atoms with Gasteiger partial charge in [0.1, 0.15) is 0 Å². The Morgan fingerprint density at radius 2 is 2.14 bits per heavy atom. The molecule has 1 aromatic carbocycles. The molecule has 0 spiro atoms. The molecule has 0 aliphatic carbocycles. The predicted molar refractivity (Wildman–Crippen MR) is 54.6 cm³/mol. The number of rotatable bonds is 1. The zero-order chi connectivity index (χ0) is 10.1. The van der Waals surface area contributed by atoms with Gasteiger partial charge in [0, 0.05) is 10.9 Å². The molecule has 1 aromatic rings. The van der Waals surface area contributed by atoms with Gasteiger partial charge in [0.15, 0.2) is 0 Å². The summed E-state index contributed by atoms with van der Waals surface area (Å²) in [6.45, 7) is 0. The molecule has 72 valence electrons. The highest BCUT2D eigenvalue weighted by Crippen LogP contribution is 2.26. The topological polar surface area (TPSA) is 46.2 Å². The van der Waals surface area contributed by atoms with Crippen molar-refractivity contribution in [3.8, 4) is 0 Å². The maximum absolute atomic E-state index is 11.3. The molecule has 3 nitrogen and oxygen atoms in total. The van der Waals surface area contributed by atoms with Gasteiger partial charge in [-0.05, 0) is 17.7 Å². The molecule has 4 heteroatoms. The third kappa shape index (κ3) is 1.70. The molecule has 1 aliphatic heterocycles. The largest absolute Gasteiger partial charge is 0.296 e. The normalized spacial score (nSPS) is 21.1. The number of carbonyl (C=O) groups is 2. The summed E-state index contributed by atoms with van der Waals surface area (Å²) in [5, 5.41) is 2.29. The van der Waals surface area contributed by atoms with Crippen LogP contribution in [0, 0.1) is 0 Å². The maximum Gasteiger partial charge on any atom is 0.234 e. The molecular formula is C10H8BrNO2. The summed E-state index contributed by atoms with van der Waals surface area (Å²) < 4.78 is 0.919. The van der Waals surface area contributed by atoms with Gasteiger partial charge >= 0.3 is 0 Å². The highest BCUT2D eigenvalue weighted by atomic mass is 79.9. The Bertz CT molecular complexity index is 403. The lowest BCUT2D eigenvalue weighted by Gasteiger charge is -2.05. The first kappa shape index (κ1) is 9.40. The minimum Gasteiger partial charge on any atom is -0.296 e. The smallest absolute Gasteiger partial charge is 0.234 e. The monoisotopic (exact) mass is 253 g/mol. The lowest BCUT2D eigenvalue weighted by atomic mass is 9.98. The average molecular weight is 254 g/mol. The van der Waals surface area contributed by atoms with Crippen LogP contribution in [-0.4, -0.2) is 11.8 Å². The van der Waals surface area contributed by atoms with Crippen molar-refractivity contribution < 1.29 is 9.59 Å². The van der Waals surface area contributed by atoms with Crippen molar-refractivity contribution in [1.29, 1.82) is 0 Å². The highest BCUT2D eigenvalue weighted by molar-refractivity contribution is 9.10. The van der Waals surface area contributed by atoms with E-state index in [9.17, 15) is 9.59 Å². The van der Waals surface area contributed by atoms with E-state index in [-0.39, 0.29) is 24.2 Å². The van der Waals surface area contributed by atoms with Crippen LogP contribution in [-0.2, 0) is 9.59 Å². The van der Waals surface area contributed by atoms with Crippen molar-refractivity contribution in [3.63, 3.8) is 0 Å². The van der Waals surface area contributed by atoms with Crippen LogP contribution >= 0.6 is 15.9 Å². The van der Waals surface area contributed by atoms with E-state index in [2.05, 4.69) is 21.2 Å². The fourth-order valence-electron chi connectivity index (χ4n) is 1.55. The van der Waals surface area contributed by atoms with Gasteiger partial charge in [0.05, 0.1) is 5.92 Å². The van der Waals surface area contributed by atoms with Crippen molar-refractivity contribution in [2.45, 2.75) is 12.3 Å². The van der Waals surface area contributed by atoms with Crippen molar-refractivity contribution in [1.82, 2.24) is 5.32 Å². The number of hydrogen-bond donors (Lipinski definition) is 1. The maximum atomic E-state index is 11.3. The van der Waals surface area contributed by atoms with Crippen LogP contribution < -0.4 is 5.32 Å². The van der Waals surface area contributed by atoms with E-state index in [4.69, 9.17) is 0 Å². The first-order valence-electron chi connectivity index (χ1n) is 4.26. The van der Waals surface area contributed by atoms with Crippen LogP contribution in [0.5, 0.6) is 0 Å². The number of amides is 2. The minimum absolute atomic E-state index is 0.194. The first-order chi connectivity index (χ1) is 6.66. The Morgan fingerprint density at radius 3 is 2.71 bits per heavy atom. The fraction of sp³-hybridized carbons (Fsp3) is 0.200. The molecule has 0 bridgehead atoms. The fourth-order valence-corrected chi connectivity index (χ4v) is 1.96.